The van der Waals surface area contributed by atoms with E-state index >= 15 is 0 Å². The van der Waals surface area contributed by atoms with Crippen LogP contribution in [0, 0.1) is 0 Å². The number of nitrogens with zero attached hydrogens (tertiary/aromatic N) is 1. The largest absolute Gasteiger partial charge is 0.383 e. The van der Waals surface area contributed by atoms with Crippen LogP contribution in [0.5, 0.6) is 0 Å². The van der Waals surface area contributed by atoms with Crippen molar-refractivity contribution in [2.45, 2.75) is 12.2 Å². The van der Waals surface area contributed by atoms with Gasteiger partial charge in [0.15, 0.2) is 0 Å². The third kappa shape index (κ3) is 6.99. The summed E-state index contributed by atoms with van der Waals surface area (Å²) in [5.74, 6) is 5.91. The molecule has 0 amide bonds. The molecular formula is C8H20N4OS. The van der Waals surface area contributed by atoms with Crippen LogP contribution < -0.4 is 16.6 Å². The summed E-state index contributed by atoms with van der Waals surface area (Å²) in [5.41, 5.74) is 2.51. The van der Waals surface area contributed by atoms with E-state index in [1.807, 2.05) is 0 Å². The minimum absolute atomic E-state index is 0.502. The molecule has 0 aromatic carbocycles. The Morgan fingerprint density at radius 1 is 1.64 bits per heavy atom. The summed E-state index contributed by atoms with van der Waals surface area (Å²) in [4.78, 5) is 4.28. The molecule has 0 bridgehead atoms. The lowest BCUT2D eigenvalue weighted by atomic mass is 10.5. The third-order valence-corrected chi connectivity index (χ3v) is 2.60. The van der Waals surface area contributed by atoms with Crippen molar-refractivity contribution >= 4 is 17.7 Å². The highest BCUT2D eigenvalue weighted by molar-refractivity contribution is 7.99. The molecule has 6 heteroatoms. The maximum atomic E-state index is 5.29. The summed E-state index contributed by atoms with van der Waals surface area (Å²) < 4.78 is 4.89. The van der Waals surface area contributed by atoms with E-state index in [0.717, 1.165) is 6.54 Å². The number of ether oxygens (including phenoxy) is 1. The first-order chi connectivity index (χ1) is 6.74. The number of hydrazine groups is 1. The smallest absolute Gasteiger partial charge is 0.205 e. The predicted octanol–water partition coefficient (Wildman–Crippen LogP) is -0.207. The van der Waals surface area contributed by atoms with Crippen LogP contribution in [0.3, 0.4) is 0 Å². The second-order valence-corrected chi connectivity index (χ2v) is 4.08. The van der Waals surface area contributed by atoms with E-state index < -0.39 is 0 Å². The maximum absolute atomic E-state index is 5.29. The second kappa shape index (κ2) is 9.11. The minimum Gasteiger partial charge on any atom is -0.383 e. The molecule has 0 aliphatic rings. The number of nitrogens with one attached hydrogen (secondary N) is 2. The van der Waals surface area contributed by atoms with Crippen LogP contribution in [0.15, 0.2) is 4.99 Å². The molecule has 0 fully saturated rings. The zero-order valence-corrected chi connectivity index (χ0v) is 9.86. The SMILES string of the molecule is COCCNC(=NCC(C)SC)NN. The molecule has 0 rings (SSSR count). The highest BCUT2D eigenvalue weighted by Crippen LogP contribution is 2.04. The zero-order valence-electron chi connectivity index (χ0n) is 9.04. The monoisotopic (exact) mass is 220 g/mol. The third-order valence-electron chi connectivity index (χ3n) is 1.64. The van der Waals surface area contributed by atoms with Crippen molar-refractivity contribution in [2.75, 3.05) is 33.1 Å². The van der Waals surface area contributed by atoms with E-state index in [1.165, 1.54) is 0 Å². The predicted molar refractivity (Wildman–Crippen MR) is 62.5 cm³/mol. The summed E-state index contributed by atoms with van der Waals surface area (Å²) >= 11 is 1.78. The van der Waals surface area contributed by atoms with Gasteiger partial charge in [0.05, 0.1) is 13.2 Å². The molecule has 5 nitrogen and oxygen atoms in total. The quantitative estimate of drug-likeness (QED) is 0.190. The molecule has 0 aliphatic carbocycles. The summed E-state index contributed by atoms with van der Waals surface area (Å²) in [6, 6.07) is 0. The number of hydrogen-bond donors (Lipinski definition) is 3. The maximum Gasteiger partial charge on any atom is 0.205 e. The summed E-state index contributed by atoms with van der Waals surface area (Å²) in [7, 11) is 1.66. The molecule has 0 saturated carbocycles. The van der Waals surface area contributed by atoms with E-state index in [2.05, 4.69) is 28.9 Å². The normalized spacial score (nSPS) is 13.9. The molecule has 0 aliphatic heterocycles. The van der Waals surface area contributed by atoms with Crippen molar-refractivity contribution in [1.82, 2.24) is 10.7 Å². The van der Waals surface area contributed by atoms with Crippen molar-refractivity contribution in [1.29, 1.82) is 0 Å². The molecule has 84 valence electrons. The Kier molecular flexibility index (Phi) is 8.81. The van der Waals surface area contributed by atoms with E-state index in [1.54, 1.807) is 18.9 Å². The van der Waals surface area contributed by atoms with Gasteiger partial charge in [0.2, 0.25) is 5.96 Å². The number of thioether (sulfide) groups is 1. The van der Waals surface area contributed by atoms with Gasteiger partial charge < -0.3 is 10.1 Å². The standard InChI is InChI=1S/C8H20N4OS/c1-7(14-3)6-11-8(12-9)10-4-5-13-2/h7H,4-6,9H2,1-3H3,(H2,10,11,12). The van der Waals surface area contributed by atoms with Gasteiger partial charge in [-0.05, 0) is 6.26 Å². The first-order valence-electron chi connectivity index (χ1n) is 4.51. The second-order valence-electron chi connectivity index (χ2n) is 2.80. The fourth-order valence-electron chi connectivity index (χ4n) is 0.718. The van der Waals surface area contributed by atoms with Crippen LogP contribution in [0.25, 0.3) is 0 Å². The Balaban J connectivity index is 3.74. The molecule has 1 atom stereocenters. The van der Waals surface area contributed by atoms with E-state index in [9.17, 15) is 0 Å². The van der Waals surface area contributed by atoms with Crippen LogP contribution in [0.1, 0.15) is 6.92 Å². The molecule has 0 aromatic rings. The Bertz CT molecular complexity index is 165. The minimum atomic E-state index is 0.502. The molecular weight excluding hydrogens is 200 g/mol. The van der Waals surface area contributed by atoms with E-state index in [4.69, 9.17) is 10.6 Å². The van der Waals surface area contributed by atoms with Crippen molar-refractivity contribution in [3.63, 3.8) is 0 Å². The molecule has 4 N–H and O–H groups in total. The molecule has 0 saturated heterocycles. The van der Waals surface area contributed by atoms with Crippen LogP contribution in [-0.2, 0) is 4.74 Å². The van der Waals surface area contributed by atoms with Gasteiger partial charge in [0.1, 0.15) is 0 Å². The lowest BCUT2D eigenvalue weighted by molar-refractivity contribution is 0.203. The summed E-state index contributed by atoms with van der Waals surface area (Å²) in [5, 5.41) is 3.53. The fourth-order valence-corrected chi connectivity index (χ4v) is 0.942. The van der Waals surface area contributed by atoms with Crippen molar-refractivity contribution in [3.8, 4) is 0 Å². The van der Waals surface area contributed by atoms with Crippen molar-refractivity contribution < 1.29 is 4.74 Å². The first kappa shape index (κ1) is 13.5. The zero-order chi connectivity index (χ0) is 10.8. The van der Waals surface area contributed by atoms with Crippen LogP contribution in [-0.4, -0.2) is 44.3 Å². The van der Waals surface area contributed by atoms with Gasteiger partial charge in [-0.15, -0.1) is 0 Å². The summed E-state index contributed by atoms with van der Waals surface area (Å²) in [6.07, 6.45) is 2.06. The Hall–Kier alpha value is -0.460. The number of nitrogens with two attached hydrogens (primary N) is 1. The van der Waals surface area contributed by atoms with Crippen LogP contribution >= 0.6 is 11.8 Å². The van der Waals surface area contributed by atoms with Gasteiger partial charge in [-0.3, -0.25) is 10.4 Å². The molecule has 0 aromatic heterocycles. The lowest BCUT2D eigenvalue weighted by Crippen LogP contribution is -2.43. The van der Waals surface area contributed by atoms with Crippen LogP contribution in [0.4, 0.5) is 0 Å². The average molecular weight is 220 g/mol. The molecule has 0 spiro atoms. The lowest BCUT2D eigenvalue weighted by Gasteiger charge is -2.10. The fraction of sp³-hybridized carbons (Fsp3) is 0.875. The first-order valence-corrected chi connectivity index (χ1v) is 5.80. The topological polar surface area (TPSA) is 71.7 Å². The highest BCUT2D eigenvalue weighted by Gasteiger charge is 1.99. The Labute approximate surface area is 89.8 Å². The Morgan fingerprint density at radius 3 is 2.86 bits per heavy atom. The van der Waals surface area contributed by atoms with Crippen LogP contribution in [0.2, 0.25) is 0 Å². The average Bonchev–Trinajstić information content (AvgIpc) is 2.22. The number of methoxy groups -OCH3 is 1. The van der Waals surface area contributed by atoms with Gasteiger partial charge >= 0.3 is 0 Å². The molecule has 14 heavy (non-hydrogen) atoms. The molecule has 0 heterocycles. The van der Waals surface area contributed by atoms with Gasteiger partial charge in [0.25, 0.3) is 0 Å². The van der Waals surface area contributed by atoms with Gasteiger partial charge in [-0.2, -0.15) is 11.8 Å². The van der Waals surface area contributed by atoms with Gasteiger partial charge in [-0.25, -0.2) is 5.84 Å². The van der Waals surface area contributed by atoms with E-state index in [-0.39, 0.29) is 0 Å². The molecule has 1 unspecified atom stereocenters. The Morgan fingerprint density at radius 2 is 2.36 bits per heavy atom. The van der Waals surface area contributed by atoms with Crippen molar-refractivity contribution in [2.24, 2.45) is 10.8 Å². The number of guanidine groups is 1. The van der Waals surface area contributed by atoms with E-state index in [0.29, 0.717) is 24.4 Å². The number of hydrogen-bond acceptors (Lipinski definition) is 4. The molecule has 0 radical (unpaired) electrons. The van der Waals surface area contributed by atoms with Crippen molar-refractivity contribution in [3.05, 3.63) is 0 Å². The van der Waals surface area contributed by atoms with Gasteiger partial charge in [-0.1, -0.05) is 6.92 Å². The number of aliphatic imine (C=N–C) groups is 1. The highest BCUT2D eigenvalue weighted by atomic mass is 32.2. The van der Waals surface area contributed by atoms with Gasteiger partial charge in [0, 0.05) is 18.9 Å². The number of rotatable bonds is 6. The summed E-state index contributed by atoms with van der Waals surface area (Å²) in [6.45, 7) is 4.21.